The number of hydrogen-bond donors (Lipinski definition) is 1. The van der Waals surface area contributed by atoms with Crippen LogP contribution in [0.25, 0.3) is 0 Å². The predicted octanol–water partition coefficient (Wildman–Crippen LogP) is 3.15. The highest BCUT2D eigenvalue weighted by molar-refractivity contribution is 6.31. The van der Waals surface area contributed by atoms with Gasteiger partial charge in [-0.15, -0.1) is 0 Å². The number of rotatable bonds is 2. The number of carbonyl (C=O) groups is 1. The van der Waals surface area contributed by atoms with Crippen molar-refractivity contribution in [2.45, 2.75) is 13.0 Å². The monoisotopic (exact) mass is 290 g/mol. The maximum atomic E-state index is 13.4. The number of hydrogen-bond acceptors (Lipinski definition) is 2. The van der Waals surface area contributed by atoms with Gasteiger partial charge in [-0.05, 0) is 41.5 Å². The fourth-order valence-corrected chi connectivity index (χ4v) is 2.62. The van der Waals surface area contributed by atoms with Crippen molar-refractivity contribution in [2.24, 2.45) is 0 Å². The van der Waals surface area contributed by atoms with E-state index < -0.39 is 5.82 Å². The van der Waals surface area contributed by atoms with Gasteiger partial charge in [-0.1, -0.05) is 17.7 Å². The van der Waals surface area contributed by atoms with Gasteiger partial charge in [-0.3, -0.25) is 4.79 Å². The van der Waals surface area contributed by atoms with Gasteiger partial charge in [-0.25, -0.2) is 4.39 Å². The summed E-state index contributed by atoms with van der Waals surface area (Å²) in [5.41, 5.74) is 8.34. The van der Waals surface area contributed by atoms with Crippen LogP contribution in [0.1, 0.15) is 11.1 Å². The second kappa shape index (κ2) is 4.80. The highest BCUT2D eigenvalue weighted by atomic mass is 35.5. The topological polar surface area (TPSA) is 46.3 Å². The van der Waals surface area contributed by atoms with Crippen LogP contribution in [0, 0.1) is 5.82 Å². The van der Waals surface area contributed by atoms with Gasteiger partial charge in [0.05, 0.1) is 13.0 Å². The van der Waals surface area contributed by atoms with Crippen molar-refractivity contribution in [1.82, 2.24) is 0 Å². The molecule has 0 saturated heterocycles. The van der Waals surface area contributed by atoms with E-state index >= 15 is 0 Å². The minimum Gasteiger partial charge on any atom is -0.399 e. The summed E-state index contributed by atoms with van der Waals surface area (Å²) in [4.78, 5) is 13.7. The molecule has 0 atom stereocenters. The molecule has 0 saturated carbocycles. The number of nitrogens with zero attached hydrogens (tertiary/aromatic N) is 1. The lowest BCUT2D eigenvalue weighted by Crippen LogP contribution is -2.26. The largest absolute Gasteiger partial charge is 0.399 e. The molecule has 20 heavy (non-hydrogen) atoms. The van der Waals surface area contributed by atoms with E-state index in [1.54, 1.807) is 23.1 Å². The maximum Gasteiger partial charge on any atom is 0.231 e. The Morgan fingerprint density at radius 1 is 1.25 bits per heavy atom. The lowest BCUT2D eigenvalue weighted by molar-refractivity contribution is -0.117. The second-order valence-electron chi connectivity index (χ2n) is 4.82. The summed E-state index contributed by atoms with van der Waals surface area (Å²) < 4.78 is 13.4. The van der Waals surface area contributed by atoms with E-state index in [0.29, 0.717) is 22.7 Å². The molecule has 0 aliphatic carbocycles. The lowest BCUT2D eigenvalue weighted by atomic mass is 10.1. The molecule has 1 amide bonds. The Hall–Kier alpha value is -2.07. The predicted molar refractivity (Wildman–Crippen MR) is 77.2 cm³/mol. The molecule has 1 aliphatic rings. The molecule has 0 bridgehead atoms. The van der Waals surface area contributed by atoms with Gasteiger partial charge in [0.15, 0.2) is 0 Å². The zero-order valence-electron chi connectivity index (χ0n) is 10.6. The summed E-state index contributed by atoms with van der Waals surface area (Å²) in [6, 6.07) is 9.66. The molecule has 1 heterocycles. The molecule has 3 nitrogen and oxygen atoms in total. The third kappa shape index (κ3) is 2.34. The van der Waals surface area contributed by atoms with E-state index in [9.17, 15) is 9.18 Å². The van der Waals surface area contributed by atoms with Crippen molar-refractivity contribution < 1.29 is 9.18 Å². The van der Waals surface area contributed by atoms with Gasteiger partial charge >= 0.3 is 0 Å². The maximum absolute atomic E-state index is 13.4. The lowest BCUT2D eigenvalue weighted by Gasteiger charge is -2.18. The molecule has 102 valence electrons. The fraction of sp³-hybridized carbons (Fsp3) is 0.133. The molecule has 0 aromatic heterocycles. The average molecular weight is 291 g/mol. The van der Waals surface area contributed by atoms with Gasteiger partial charge in [-0.2, -0.15) is 0 Å². The Morgan fingerprint density at radius 2 is 2.05 bits per heavy atom. The van der Waals surface area contributed by atoms with Gasteiger partial charge in [0.1, 0.15) is 5.82 Å². The van der Waals surface area contributed by atoms with Crippen LogP contribution in [0.5, 0.6) is 0 Å². The molecule has 0 unspecified atom stereocenters. The molecule has 5 heteroatoms. The fourth-order valence-electron chi connectivity index (χ4n) is 2.45. The molecular formula is C15H12ClFN2O. The molecule has 3 rings (SSSR count). The van der Waals surface area contributed by atoms with Crippen molar-refractivity contribution in [2.75, 3.05) is 10.6 Å². The first-order chi connectivity index (χ1) is 9.52. The molecule has 2 aromatic rings. The van der Waals surface area contributed by atoms with E-state index in [0.717, 1.165) is 11.3 Å². The van der Waals surface area contributed by atoms with Gasteiger partial charge in [0.2, 0.25) is 5.91 Å². The highest BCUT2D eigenvalue weighted by Gasteiger charge is 2.27. The van der Waals surface area contributed by atoms with Gasteiger partial charge < -0.3 is 10.6 Å². The molecule has 0 spiro atoms. The number of nitrogens with two attached hydrogens (primary N) is 1. The first-order valence-corrected chi connectivity index (χ1v) is 6.54. The number of nitrogen functional groups attached to an aromatic ring is 1. The zero-order chi connectivity index (χ0) is 14.3. The smallest absolute Gasteiger partial charge is 0.231 e. The molecule has 0 fully saturated rings. The van der Waals surface area contributed by atoms with E-state index in [-0.39, 0.29) is 12.5 Å². The Balaban J connectivity index is 1.95. The van der Waals surface area contributed by atoms with Crippen LogP contribution in [0.15, 0.2) is 36.4 Å². The molecule has 2 N–H and O–H groups in total. The third-order valence-corrected chi connectivity index (χ3v) is 3.54. The number of anilines is 2. The Bertz CT molecular complexity index is 682. The van der Waals surface area contributed by atoms with E-state index in [2.05, 4.69) is 0 Å². The standard InChI is InChI=1S/C15H12ClFN2O/c16-11-2-1-10-5-15(20)19(14(10)6-11)8-9-3-12(17)7-13(18)4-9/h1-4,6-7H,5,8,18H2. The minimum absolute atomic E-state index is 0.0231. The number of carbonyl (C=O) groups excluding carboxylic acids is 1. The van der Waals surface area contributed by atoms with Crippen LogP contribution >= 0.6 is 11.6 Å². The number of fused-ring (bicyclic) bond motifs is 1. The summed E-state index contributed by atoms with van der Waals surface area (Å²) in [6.45, 7) is 0.286. The van der Waals surface area contributed by atoms with Crippen LogP contribution < -0.4 is 10.6 Å². The van der Waals surface area contributed by atoms with Crippen LogP contribution in [-0.4, -0.2) is 5.91 Å². The van der Waals surface area contributed by atoms with E-state index in [4.69, 9.17) is 17.3 Å². The first kappa shape index (κ1) is 12.9. The summed E-state index contributed by atoms with van der Waals surface area (Å²) in [5.74, 6) is -0.428. The normalized spacial score (nSPS) is 13.7. The van der Waals surface area contributed by atoms with Crippen molar-refractivity contribution >= 4 is 28.9 Å². The van der Waals surface area contributed by atoms with E-state index in [1.165, 1.54) is 12.1 Å². The minimum atomic E-state index is -0.405. The zero-order valence-corrected chi connectivity index (χ0v) is 11.3. The van der Waals surface area contributed by atoms with Crippen LogP contribution in [0.4, 0.5) is 15.8 Å². The number of amides is 1. The summed E-state index contributed by atoms with van der Waals surface area (Å²) >= 11 is 5.97. The van der Waals surface area contributed by atoms with E-state index in [1.807, 2.05) is 6.07 Å². The molecular weight excluding hydrogens is 279 g/mol. The quantitative estimate of drug-likeness (QED) is 0.864. The van der Waals surface area contributed by atoms with Gasteiger partial charge in [0.25, 0.3) is 0 Å². The Morgan fingerprint density at radius 3 is 2.80 bits per heavy atom. The van der Waals surface area contributed by atoms with Crippen LogP contribution in [-0.2, 0) is 17.8 Å². The third-order valence-electron chi connectivity index (χ3n) is 3.30. The van der Waals surface area contributed by atoms with Crippen LogP contribution in [0.2, 0.25) is 5.02 Å². The number of benzene rings is 2. The summed E-state index contributed by atoms with van der Waals surface area (Å²) in [5, 5.41) is 0.571. The van der Waals surface area contributed by atoms with Crippen molar-refractivity contribution in [3.63, 3.8) is 0 Å². The summed E-state index contributed by atoms with van der Waals surface area (Å²) in [7, 11) is 0. The highest BCUT2D eigenvalue weighted by Crippen LogP contribution is 2.32. The molecule has 0 radical (unpaired) electrons. The second-order valence-corrected chi connectivity index (χ2v) is 5.26. The van der Waals surface area contributed by atoms with Crippen LogP contribution in [0.3, 0.4) is 0 Å². The SMILES string of the molecule is Nc1cc(F)cc(CN2C(=O)Cc3ccc(Cl)cc32)c1. The van der Waals surface area contributed by atoms with Crippen molar-refractivity contribution in [3.8, 4) is 0 Å². The van der Waals surface area contributed by atoms with Gasteiger partial charge in [0, 0.05) is 16.4 Å². The summed E-state index contributed by atoms with van der Waals surface area (Å²) in [6.07, 6.45) is 0.345. The number of halogens is 2. The Labute approximate surface area is 120 Å². The molecule has 1 aliphatic heterocycles. The van der Waals surface area contributed by atoms with Crippen molar-refractivity contribution in [1.29, 1.82) is 0 Å². The first-order valence-electron chi connectivity index (χ1n) is 6.16. The van der Waals surface area contributed by atoms with Crippen molar-refractivity contribution in [3.05, 3.63) is 58.4 Å². The molecule has 2 aromatic carbocycles. The average Bonchev–Trinajstić information content (AvgIpc) is 2.65. The Kier molecular flexibility index (Phi) is 3.10.